The lowest BCUT2D eigenvalue weighted by molar-refractivity contribution is -0.115. The Bertz CT molecular complexity index is 1470. The lowest BCUT2D eigenvalue weighted by atomic mass is 10.1. The van der Waals surface area contributed by atoms with E-state index in [2.05, 4.69) is 27.0 Å². The van der Waals surface area contributed by atoms with E-state index in [1.165, 1.54) is 11.8 Å². The van der Waals surface area contributed by atoms with Crippen LogP contribution in [0.3, 0.4) is 0 Å². The van der Waals surface area contributed by atoms with Crippen LogP contribution in [-0.2, 0) is 11.3 Å². The zero-order chi connectivity index (χ0) is 22.8. The molecular weight excluding hydrogens is 428 g/mol. The van der Waals surface area contributed by atoms with Crippen LogP contribution in [0.2, 0.25) is 0 Å². The number of amides is 1. The Labute approximate surface area is 196 Å². The molecule has 5 nitrogen and oxygen atoms in total. The van der Waals surface area contributed by atoms with Gasteiger partial charge in [-0.05, 0) is 54.6 Å². The highest BCUT2D eigenvalue weighted by atomic mass is 32.2. The summed E-state index contributed by atoms with van der Waals surface area (Å²) < 4.78 is 2.12. The minimum Gasteiger partial charge on any atom is -0.342 e. The van der Waals surface area contributed by atoms with E-state index >= 15 is 0 Å². The van der Waals surface area contributed by atoms with Gasteiger partial charge in [-0.3, -0.25) is 4.79 Å². The van der Waals surface area contributed by atoms with Gasteiger partial charge in [-0.15, -0.1) is 0 Å². The zero-order valence-corrected chi connectivity index (χ0v) is 18.8. The topological polar surface area (TPSA) is 70.2 Å². The number of carbonyl (C=O) groups is 1. The number of nitriles is 1. The Hall–Kier alpha value is -4.08. The molecule has 6 heteroatoms. The second-order valence-corrected chi connectivity index (χ2v) is 8.85. The Morgan fingerprint density at radius 2 is 1.82 bits per heavy atom. The predicted molar refractivity (Wildman–Crippen MR) is 134 cm³/mol. The molecule has 3 aromatic carbocycles. The van der Waals surface area contributed by atoms with Crippen molar-refractivity contribution in [3.05, 3.63) is 106 Å². The van der Waals surface area contributed by atoms with Crippen LogP contribution in [0.25, 0.3) is 17.0 Å². The van der Waals surface area contributed by atoms with E-state index in [1.807, 2.05) is 85.9 Å². The Kier molecular flexibility index (Phi) is 5.55. The molecule has 0 radical (unpaired) electrons. The summed E-state index contributed by atoms with van der Waals surface area (Å²) in [6, 6.07) is 25.8. The summed E-state index contributed by atoms with van der Waals surface area (Å²) in [4.78, 5) is 17.8. The number of aryl methyl sites for hydroxylation is 1. The van der Waals surface area contributed by atoms with Crippen LogP contribution in [0.5, 0.6) is 0 Å². The highest BCUT2D eigenvalue weighted by Gasteiger charge is 2.24. The van der Waals surface area contributed by atoms with Gasteiger partial charge in [-0.1, -0.05) is 54.1 Å². The number of benzene rings is 3. The molecule has 0 aliphatic carbocycles. The number of nitrogens with zero attached hydrogens (tertiary/aromatic N) is 3. The highest BCUT2D eigenvalue weighted by molar-refractivity contribution is 8.18. The van der Waals surface area contributed by atoms with Crippen molar-refractivity contribution in [2.75, 3.05) is 0 Å². The number of hydrogen-bond donors (Lipinski definition) is 1. The van der Waals surface area contributed by atoms with Crippen molar-refractivity contribution in [3.63, 3.8) is 0 Å². The molecule has 0 atom stereocenters. The van der Waals surface area contributed by atoms with Gasteiger partial charge >= 0.3 is 0 Å². The minimum atomic E-state index is -0.155. The average Bonchev–Trinajstić information content (AvgIpc) is 3.35. The van der Waals surface area contributed by atoms with E-state index in [0.29, 0.717) is 22.2 Å². The van der Waals surface area contributed by atoms with Crippen molar-refractivity contribution < 1.29 is 4.79 Å². The van der Waals surface area contributed by atoms with Gasteiger partial charge in [-0.2, -0.15) is 5.26 Å². The first-order valence-electron chi connectivity index (χ1n) is 10.5. The molecule has 1 aliphatic heterocycles. The van der Waals surface area contributed by atoms with E-state index in [-0.39, 0.29) is 5.91 Å². The standard InChI is InChI=1S/C27H20N4OS/c1-18-10-12-22(13-11-18)29-27-30-26(32)25(33-27)14-21-17-31(24-9-5-4-8-23(21)24)16-20-7-3-2-6-19(20)15-28/h2-14,17H,16H2,1H3,(H,29,30,32)/b25-14-. The normalized spacial score (nSPS) is 15.8. The van der Waals surface area contributed by atoms with Crippen LogP contribution in [0.15, 0.2) is 88.9 Å². The lowest BCUT2D eigenvalue weighted by Crippen LogP contribution is -2.19. The summed E-state index contributed by atoms with van der Waals surface area (Å²) in [5.74, 6) is -0.155. The second kappa shape index (κ2) is 8.81. The molecule has 0 unspecified atom stereocenters. The fourth-order valence-electron chi connectivity index (χ4n) is 3.83. The van der Waals surface area contributed by atoms with Crippen molar-refractivity contribution in [3.8, 4) is 6.07 Å². The first-order chi connectivity index (χ1) is 16.1. The highest BCUT2D eigenvalue weighted by Crippen LogP contribution is 2.31. The maximum Gasteiger partial charge on any atom is 0.264 e. The Morgan fingerprint density at radius 1 is 1.06 bits per heavy atom. The fraction of sp³-hybridized carbons (Fsp3) is 0.0741. The van der Waals surface area contributed by atoms with Crippen LogP contribution < -0.4 is 5.32 Å². The number of hydrogen-bond acceptors (Lipinski definition) is 4. The molecule has 160 valence electrons. The number of amidine groups is 1. The summed E-state index contributed by atoms with van der Waals surface area (Å²) >= 11 is 1.34. The Morgan fingerprint density at radius 3 is 2.64 bits per heavy atom. The quantitative estimate of drug-likeness (QED) is 0.404. The maximum absolute atomic E-state index is 12.6. The molecular formula is C27H20N4OS. The van der Waals surface area contributed by atoms with Crippen molar-refractivity contribution in [1.29, 1.82) is 5.26 Å². The number of rotatable bonds is 4. The number of thioether (sulfide) groups is 1. The lowest BCUT2D eigenvalue weighted by Gasteiger charge is -2.07. The van der Waals surface area contributed by atoms with Gasteiger partial charge in [0.05, 0.1) is 22.2 Å². The van der Waals surface area contributed by atoms with E-state index < -0.39 is 0 Å². The molecule has 33 heavy (non-hydrogen) atoms. The Balaban J connectivity index is 1.48. The molecule has 1 saturated heterocycles. The summed E-state index contributed by atoms with van der Waals surface area (Å²) in [7, 11) is 0. The van der Waals surface area contributed by atoms with Crippen LogP contribution >= 0.6 is 11.8 Å². The van der Waals surface area contributed by atoms with Gasteiger partial charge in [0, 0.05) is 29.2 Å². The fourth-order valence-corrected chi connectivity index (χ4v) is 4.66. The van der Waals surface area contributed by atoms with Crippen molar-refractivity contribution in [1.82, 2.24) is 9.88 Å². The molecule has 2 heterocycles. The van der Waals surface area contributed by atoms with Crippen LogP contribution in [0, 0.1) is 18.3 Å². The summed E-state index contributed by atoms with van der Waals surface area (Å²) in [5.41, 5.74) is 5.59. The first-order valence-corrected chi connectivity index (χ1v) is 11.3. The summed E-state index contributed by atoms with van der Waals surface area (Å²) in [5, 5.41) is 13.9. The molecule has 0 bridgehead atoms. The van der Waals surface area contributed by atoms with Gasteiger partial charge in [0.15, 0.2) is 5.17 Å². The first kappa shape index (κ1) is 20.8. The van der Waals surface area contributed by atoms with Crippen LogP contribution in [0.1, 0.15) is 22.3 Å². The van der Waals surface area contributed by atoms with Gasteiger partial charge in [-0.25, -0.2) is 4.99 Å². The molecule has 5 rings (SSSR count). The molecule has 1 N–H and O–H groups in total. The average molecular weight is 449 g/mol. The molecule has 0 spiro atoms. The molecule has 1 fully saturated rings. The third kappa shape index (κ3) is 4.32. The largest absolute Gasteiger partial charge is 0.342 e. The van der Waals surface area contributed by atoms with Gasteiger partial charge < -0.3 is 9.88 Å². The SMILES string of the molecule is Cc1ccc(N=C2NC(=O)/C(=C/c3cn(Cc4ccccc4C#N)c4ccccc34)S2)cc1. The molecule has 0 saturated carbocycles. The van der Waals surface area contributed by atoms with Crippen molar-refractivity contribution in [2.24, 2.45) is 4.99 Å². The minimum absolute atomic E-state index is 0.155. The van der Waals surface area contributed by atoms with Gasteiger partial charge in [0.2, 0.25) is 0 Å². The van der Waals surface area contributed by atoms with E-state index in [1.54, 1.807) is 0 Å². The number of aromatic nitrogens is 1. The third-order valence-electron chi connectivity index (χ3n) is 5.50. The molecule has 4 aromatic rings. The van der Waals surface area contributed by atoms with Crippen molar-refractivity contribution in [2.45, 2.75) is 13.5 Å². The number of nitrogens with one attached hydrogen (secondary N) is 1. The molecule has 1 amide bonds. The maximum atomic E-state index is 12.6. The van der Waals surface area contributed by atoms with E-state index in [9.17, 15) is 10.1 Å². The number of carbonyl (C=O) groups excluding carboxylic acids is 1. The number of fused-ring (bicyclic) bond motifs is 1. The third-order valence-corrected chi connectivity index (χ3v) is 6.41. The molecule has 1 aromatic heterocycles. The molecule has 1 aliphatic rings. The zero-order valence-electron chi connectivity index (χ0n) is 17.9. The van der Waals surface area contributed by atoms with E-state index in [0.717, 1.165) is 33.3 Å². The van der Waals surface area contributed by atoms with Gasteiger partial charge in [0.1, 0.15) is 0 Å². The van der Waals surface area contributed by atoms with Crippen LogP contribution in [0.4, 0.5) is 5.69 Å². The smallest absolute Gasteiger partial charge is 0.264 e. The number of para-hydroxylation sites is 1. The van der Waals surface area contributed by atoms with Crippen LogP contribution in [-0.4, -0.2) is 15.6 Å². The van der Waals surface area contributed by atoms with Gasteiger partial charge in [0.25, 0.3) is 5.91 Å². The second-order valence-electron chi connectivity index (χ2n) is 7.82. The monoisotopic (exact) mass is 448 g/mol. The summed E-state index contributed by atoms with van der Waals surface area (Å²) in [6.45, 7) is 2.60. The van der Waals surface area contributed by atoms with Crippen molar-refractivity contribution >= 4 is 45.5 Å². The summed E-state index contributed by atoms with van der Waals surface area (Å²) in [6.07, 6.45) is 3.95. The van der Waals surface area contributed by atoms with E-state index in [4.69, 9.17) is 0 Å². The number of aliphatic imine (C=N–C) groups is 1. The predicted octanol–water partition coefficient (Wildman–Crippen LogP) is 5.76.